The van der Waals surface area contributed by atoms with E-state index < -0.39 is 0 Å². The molecule has 13 aromatic carbocycles. The summed E-state index contributed by atoms with van der Waals surface area (Å²) in [5, 5.41) is 12.9. The van der Waals surface area contributed by atoms with Crippen LogP contribution in [0.15, 0.2) is 303 Å². The third-order valence-corrected chi connectivity index (χ3v) is 19.5. The summed E-state index contributed by atoms with van der Waals surface area (Å²) in [5.74, 6) is 0. The van der Waals surface area contributed by atoms with Gasteiger partial charge in [0, 0.05) is 82.3 Å². The average Bonchev–Trinajstić information content (AvgIpc) is 1.59. The molecule has 0 aliphatic heterocycles. The summed E-state index contributed by atoms with van der Waals surface area (Å²) in [7, 11) is 0. The molecule has 5 aromatic heterocycles. The first kappa shape index (κ1) is 65.5. The highest BCUT2D eigenvalue weighted by Gasteiger charge is 2.22. The zero-order valence-corrected chi connectivity index (χ0v) is 55.6. The highest BCUT2D eigenvalue weighted by molar-refractivity contribution is 6.14. The molecule has 0 radical (unpaired) electrons. The fourth-order valence-electron chi connectivity index (χ4n) is 14.7. The van der Waals surface area contributed by atoms with Crippen LogP contribution in [0.25, 0.3) is 137 Å². The van der Waals surface area contributed by atoms with E-state index in [0.717, 1.165) is 0 Å². The fourth-order valence-corrected chi connectivity index (χ4v) is 14.7. The Labute approximate surface area is 577 Å². The minimum atomic E-state index is 0. The molecule has 5 heterocycles. The molecule has 5 heteroatoms. The van der Waals surface area contributed by atoms with E-state index in [-0.39, 0.29) is 38.5 Å². The SMILES string of the molecule is C.C.C.CC(C)(C)c1ccc(-n2c3ccccc3c3cc(-n4c5ccccc5c5ccccc54)ccc32)cc1.CC(C)(C)c1ccc(-n2c3ccccc3c3ccc(-n4c5ccccc5c5ccccc54)cc32)cc1.CC(C)(C)c1ccc(-n2c3ccccc3c3ccccc32)cc1. The molecular weight excluding hydrogens is 1190 g/mol. The van der Waals surface area contributed by atoms with Crippen molar-refractivity contribution in [3.8, 4) is 28.4 Å². The Morgan fingerprint density at radius 3 is 0.612 bits per heavy atom. The number of aromatic nitrogens is 5. The molecule has 18 rings (SSSR count). The standard InChI is InChI=1S/2C34H28N2.C22H21N.3CH4/c1-34(2,3)23-16-18-24(19-17-23)35-30-13-7-6-12-28(30)29-21-20-25(22-33(29)35)36-31-14-8-4-10-26(31)27-11-5-9-15-32(27)36;1-34(2,3)23-16-18-24(19-17-23)35-32-15-9-6-12-28(32)29-22-25(20-21-33(29)35)36-30-13-7-4-10-26(30)27-11-5-8-14-31(27)36;1-22(2,3)16-12-14-17(15-13-16)23-20-10-6-4-8-18(20)19-9-5-7-11-21(19)23;;;/h2*4-22H,1-3H3;4-15H,1-3H3;3*1H4. The van der Waals surface area contributed by atoms with E-state index in [1.165, 1.54) is 154 Å². The fraction of sp³-hybridized carbons (Fsp3) is 0.161. The lowest BCUT2D eigenvalue weighted by molar-refractivity contribution is 0.590. The Kier molecular flexibility index (Phi) is 17.0. The predicted octanol–water partition coefficient (Wildman–Crippen LogP) is 26.3. The largest absolute Gasteiger partial charge is 0.309 e. The van der Waals surface area contributed by atoms with E-state index in [1.807, 2.05) is 0 Å². The van der Waals surface area contributed by atoms with Crippen LogP contribution >= 0.6 is 0 Å². The molecule has 0 unspecified atom stereocenters. The van der Waals surface area contributed by atoms with Crippen LogP contribution in [0.5, 0.6) is 0 Å². The van der Waals surface area contributed by atoms with Crippen molar-refractivity contribution in [3.63, 3.8) is 0 Å². The van der Waals surface area contributed by atoms with Crippen LogP contribution in [0, 0.1) is 0 Å². The van der Waals surface area contributed by atoms with Gasteiger partial charge in [-0.15, -0.1) is 0 Å². The number of para-hydroxylation sites is 8. The molecule has 0 spiro atoms. The molecule has 5 nitrogen and oxygen atoms in total. The zero-order chi connectivity index (χ0) is 64.9. The predicted molar refractivity (Wildman–Crippen MR) is 427 cm³/mol. The van der Waals surface area contributed by atoms with Crippen LogP contribution < -0.4 is 0 Å². The number of nitrogens with zero attached hydrogens (tertiary/aromatic N) is 5. The van der Waals surface area contributed by atoms with Crippen LogP contribution in [0.3, 0.4) is 0 Å². The molecule has 0 aliphatic rings. The number of rotatable bonds is 5. The van der Waals surface area contributed by atoms with Gasteiger partial charge in [0.05, 0.1) is 55.2 Å². The van der Waals surface area contributed by atoms with Crippen LogP contribution in [-0.4, -0.2) is 22.8 Å². The third kappa shape index (κ3) is 11.2. The second-order valence-corrected chi connectivity index (χ2v) is 28.6. The number of hydrogen-bond donors (Lipinski definition) is 0. The zero-order valence-electron chi connectivity index (χ0n) is 55.6. The molecule has 0 N–H and O–H groups in total. The van der Waals surface area contributed by atoms with Crippen LogP contribution in [0.1, 0.15) is 101 Å². The van der Waals surface area contributed by atoms with E-state index in [1.54, 1.807) is 0 Å². The lowest BCUT2D eigenvalue weighted by Gasteiger charge is -2.19. The van der Waals surface area contributed by atoms with Gasteiger partial charge in [-0.3, -0.25) is 0 Å². The summed E-state index contributed by atoms with van der Waals surface area (Å²) in [6.45, 7) is 20.3. The van der Waals surface area contributed by atoms with Crippen molar-refractivity contribution in [3.05, 3.63) is 320 Å². The minimum absolute atomic E-state index is 0. The highest BCUT2D eigenvalue weighted by atomic mass is 15.0. The summed E-state index contributed by atoms with van der Waals surface area (Å²) < 4.78 is 12.0. The second-order valence-electron chi connectivity index (χ2n) is 28.6. The normalized spacial score (nSPS) is 11.9. The van der Waals surface area contributed by atoms with Gasteiger partial charge in [0.1, 0.15) is 0 Å². The van der Waals surface area contributed by atoms with Gasteiger partial charge in [0.2, 0.25) is 0 Å². The van der Waals surface area contributed by atoms with E-state index >= 15 is 0 Å². The second kappa shape index (κ2) is 25.5. The number of hydrogen-bond acceptors (Lipinski definition) is 0. The molecule has 486 valence electrons. The molecule has 98 heavy (non-hydrogen) atoms. The Morgan fingerprint density at radius 2 is 0.347 bits per heavy atom. The Hall–Kier alpha value is -11.1. The van der Waals surface area contributed by atoms with Gasteiger partial charge in [-0.25, -0.2) is 0 Å². The Balaban J connectivity index is 0.000000134. The van der Waals surface area contributed by atoms with Crippen molar-refractivity contribution in [1.82, 2.24) is 22.8 Å². The summed E-state index contributed by atoms with van der Waals surface area (Å²) in [5.41, 5.74) is 22.8. The smallest absolute Gasteiger partial charge is 0.0561 e. The lowest BCUT2D eigenvalue weighted by Crippen LogP contribution is -2.10. The summed E-state index contributed by atoms with van der Waals surface area (Å²) in [6, 6.07) is 110. The number of fused-ring (bicyclic) bond motifs is 15. The van der Waals surface area contributed by atoms with Crippen molar-refractivity contribution < 1.29 is 0 Å². The third-order valence-electron chi connectivity index (χ3n) is 19.5. The minimum Gasteiger partial charge on any atom is -0.309 e. The van der Waals surface area contributed by atoms with Crippen LogP contribution in [0.2, 0.25) is 0 Å². The molecule has 0 fully saturated rings. The van der Waals surface area contributed by atoms with Gasteiger partial charge < -0.3 is 22.8 Å². The van der Waals surface area contributed by atoms with Gasteiger partial charge in [0.25, 0.3) is 0 Å². The summed E-state index contributed by atoms with van der Waals surface area (Å²) >= 11 is 0. The van der Waals surface area contributed by atoms with Crippen molar-refractivity contribution >= 4 is 109 Å². The van der Waals surface area contributed by atoms with Gasteiger partial charge in [-0.2, -0.15) is 0 Å². The van der Waals surface area contributed by atoms with E-state index in [0.29, 0.717) is 0 Å². The van der Waals surface area contributed by atoms with E-state index in [4.69, 9.17) is 0 Å². The van der Waals surface area contributed by atoms with Gasteiger partial charge in [0.15, 0.2) is 0 Å². The Morgan fingerprint density at radius 1 is 0.163 bits per heavy atom. The maximum absolute atomic E-state index is 2.41. The first-order valence-electron chi connectivity index (χ1n) is 33.4. The van der Waals surface area contributed by atoms with Crippen molar-refractivity contribution in [2.24, 2.45) is 0 Å². The first-order chi connectivity index (χ1) is 46.1. The van der Waals surface area contributed by atoms with Gasteiger partial charge in [-0.1, -0.05) is 273 Å². The van der Waals surface area contributed by atoms with E-state index in [9.17, 15) is 0 Å². The van der Waals surface area contributed by atoms with Crippen molar-refractivity contribution in [1.29, 1.82) is 0 Å². The molecule has 18 aromatic rings. The van der Waals surface area contributed by atoms with Crippen LogP contribution in [0.4, 0.5) is 0 Å². The number of benzene rings is 13. The molecular formula is C93H89N5. The van der Waals surface area contributed by atoms with Crippen molar-refractivity contribution in [2.45, 2.75) is 101 Å². The molecule has 0 saturated carbocycles. The highest BCUT2D eigenvalue weighted by Crippen LogP contribution is 2.41. The summed E-state index contributed by atoms with van der Waals surface area (Å²) in [6.07, 6.45) is 0. The topological polar surface area (TPSA) is 24.6 Å². The maximum atomic E-state index is 2.41. The quantitative estimate of drug-likeness (QED) is 0.164. The summed E-state index contributed by atoms with van der Waals surface area (Å²) in [4.78, 5) is 0. The molecule has 0 amide bonds. The first-order valence-corrected chi connectivity index (χ1v) is 33.4. The molecule has 0 aliphatic carbocycles. The molecule has 0 saturated heterocycles. The van der Waals surface area contributed by atoms with Crippen LogP contribution in [-0.2, 0) is 16.2 Å². The lowest BCUT2D eigenvalue weighted by atomic mass is 9.87. The van der Waals surface area contributed by atoms with Gasteiger partial charge >= 0.3 is 0 Å². The van der Waals surface area contributed by atoms with Gasteiger partial charge in [-0.05, 0) is 148 Å². The molecule has 0 bridgehead atoms. The van der Waals surface area contributed by atoms with E-state index in [2.05, 4.69) is 388 Å². The maximum Gasteiger partial charge on any atom is 0.0561 e. The molecule has 0 atom stereocenters. The Bertz CT molecular complexity index is 5770. The average molecular weight is 1280 g/mol. The van der Waals surface area contributed by atoms with Crippen molar-refractivity contribution in [2.75, 3.05) is 0 Å². The monoisotopic (exact) mass is 1280 g/mol.